The van der Waals surface area contributed by atoms with Crippen molar-refractivity contribution in [3.05, 3.63) is 54.2 Å². The van der Waals surface area contributed by atoms with Gasteiger partial charge in [0.15, 0.2) is 11.5 Å². The second kappa shape index (κ2) is 8.04. The van der Waals surface area contributed by atoms with Gasteiger partial charge in [0.25, 0.3) is 0 Å². The number of primary sulfonamides is 1. The van der Waals surface area contributed by atoms with Crippen LogP contribution in [0.5, 0.6) is 0 Å². The molecular weight excluding hydrogens is 447 g/mol. The topological polar surface area (TPSA) is 123 Å². The third-order valence-electron chi connectivity index (χ3n) is 4.84. The van der Waals surface area contributed by atoms with Crippen LogP contribution in [-0.2, 0) is 16.2 Å². The molecule has 0 saturated carbocycles. The maximum absolute atomic E-state index is 13.3. The van der Waals surface area contributed by atoms with Crippen molar-refractivity contribution in [3.8, 4) is 11.3 Å². The molecule has 2 heterocycles. The van der Waals surface area contributed by atoms with E-state index in [2.05, 4.69) is 15.3 Å². The molecule has 2 aromatic heterocycles. The first-order chi connectivity index (χ1) is 15.1. The van der Waals surface area contributed by atoms with Gasteiger partial charge in [0.2, 0.25) is 10.0 Å². The zero-order chi connectivity index (χ0) is 23.1. The SMILES string of the molecule is NS(=O)(=O)c1cccc(-c2cnc3c(NCCCO)nc4cc(C(F)(F)F)ccc4n23)c1. The van der Waals surface area contributed by atoms with Gasteiger partial charge in [0.1, 0.15) is 0 Å². The second-order valence-corrected chi connectivity index (χ2v) is 8.60. The third kappa shape index (κ3) is 4.11. The number of halogens is 3. The number of hydrogen-bond acceptors (Lipinski definition) is 6. The average molecular weight is 465 g/mol. The highest BCUT2D eigenvalue weighted by molar-refractivity contribution is 7.89. The number of rotatable bonds is 6. The Kier molecular flexibility index (Phi) is 5.53. The number of benzene rings is 2. The minimum absolute atomic E-state index is 0.0701. The maximum Gasteiger partial charge on any atom is 0.416 e. The van der Waals surface area contributed by atoms with Gasteiger partial charge in [-0.3, -0.25) is 4.40 Å². The number of nitrogens with zero attached hydrogens (tertiary/aromatic N) is 3. The van der Waals surface area contributed by atoms with Gasteiger partial charge in [-0.25, -0.2) is 23.5 Å². The predicted octanol–water partition coefficient (Wildman–Crippen LogP) is 3.01. The first kappa shape index (κ1) is 22.0. The van der Waals surface area contributed by atoms with Crippen LogP contribution in [0.1, 0.15) is 12.0 Å². The molecule has 0 bridgehead atoms. The summed E-state index contributed by atoms with van der Waals surface area (Å²) in [6.45, 7) is 0.252. The molecular formula is C20H18F3N5O3S. The molecule has 0 aliphatic heterocycles. The quantitative estimate of drug-likeness (QED) is 0.376. The van der Waals surface area contributed by atoms with Gasteiger partial charge in [-0.05, 0) is 36.8 Å². The largest absolute Gasteiger partial charge is 0.416 e. The summed E-state index contributed by atoms with van der Waals surface area (Å²) in [6.07, 6.45) is -2.66. The van der Waals surface area contributed by atoms with Gasteiger partial charge in [-0.1, -0.05) is 12.1 Å². The Morgan fingerprint density at radius 3 is 2.62 bits per heavy atom. The number of aliphatic hydroxyl groups excluding tert-OH is 1. The molecule has 0 aliphatic rings. The molecule has 0 aliphatic carbocycles. The summed E-state index contributed by atoms with van der Waals surface area (Å²) in [5, 5.41) is 17.3. The number of fused-ring (bicyclic) bond motifs is 3. The van der Waals surface area contributed by atoms with Gasteiger partial charge in [0.05, 0.1) is 33.4 Å². The first-order valence-corrected chi connectivity index (χ1v) is 11.0. The van der Waals surface area contributed by atoms with Crippen molar-refractivity contribution < 1.29 is 26.7 Å². The van der Waals surface area contributed by atoms with Crippen molar-refractivity contribution in [2.45, 2.75) is 17.5 Å². The Morgan fingerprint density at radius 2 is 1.94 bits per heavy atom. The fourth-order valence-corrected chi connectivity index (χ4v) is 3.91. The highest BCUT2D eigenvalue weighted by Gasteiger charge is 2.31. The highest BCUT2D eigenvalue weighted by Crippen LogP contribution is 2.34. The standard InChI is InChI=1S/C20H18F3N5O3S/c21-20(22,23)13-5-6-16-15(10-13)27-18(25-7-2-8-29)19-26-11-17(28(16)19)12-3-1-4-14(9-12)32(24,30)31/h1,3-6,9-11,29H,2,7-8H2,(H,25,27)(H2,24,30,31). The molecule has 0 atom stereocenters. The molecule has 8 nitrogen and oxygen atoms in total. The molecule has 4 aromatic rings. The van der Waals surface area contributed by atoms with E-state index in [-0.39, 0.29) is 22.8 Å². The lowest BCUT2D eigenvalue weighted by molar-refractivity contribution is -0.137. The lowest BCUT2D eigenvalue weighted by Crippen LogP contribution is -2.12. The van der Waals surface area contributed by atoms with E-state index in [0.29, 0.717) is 35.4 Å². The van der Waals surface area contributed by atoms with E-state index in [9.17, 15) is 21.6 Å². The van der Waals surface area contributed by atoms with Gasteiger partial charge in [-0.2, -0.15) is 13.2 Å². The summed E-state index contributed by atoms with van der Waals surface area (Å²) in [5.41, 5.74) is 0.817. The molecule has 32 heavy (non-hydrogen) atoms. The molecule has 168 valence electrons. The van der Waals surface area contributed by atoms with Crippen molar-refractivity contribution >= 4 is 32.5 Å². The summed E-state index contributed by atoms with van der Waals surface area (Å²) < 4.78 is 64.9. The summed E-state index contributed by atoms with van der Waals surface area (Å²) in [4.78, 5) is 8.57. The normalized spacial score (nSPS) is 12.5. The van der Waals surface area contributed by atoms with Crippen LogP contribution < -0.4 is 10.5 Å². The number of anilines is 1. The molecule has 0 radical (unpaired) electrons. The third-order valence-corrected chi connectivity index (χ3v) is 5.75. The molecule has 12 heteroatoms. The van der Waals surface area contributed by atoms with E-state index in [1.165, 1.54) is 30.5 Å². The van der Waals surface area contributed by atoms with E-state index in [1.54, 1.807) is 10.5 Å². The first-order valence-electron chi connectivity index (χ1n) is 9.46. The Balaban J connectivity index is 1.99. The van der Waals surface area contributed by atoms with E-state index in [0.717, 1.165) is 12.1 Å². The molecule has 4 N–H and O–H groups in total. The van der Waals surface area contributed by atoms with Crippen molar-refractivity contribution in [1.82, 2.24) is 14.4 Å². The van der Waals surface area contributed by atoms with Crippen LogP contribution in [-0.4, -0.2) is 41.0 Å². The fraction of sp³-hybridized carbons (Fsp3) is 0.200. The number of nitrogens with two attached hydrogens (primary N) is 1. The van der Waals surface area contributed by atoms with E-state index in [1.807, 2.05) is 0 Å². The van der Waals surface area contributed by atoms with E-state index < -0.39 is 21.8 Å². The monoisotopic (exact) mass is 465 g/mol. The Morgan fingerprint density at radius 1 is 1.16 bits per heavy atom. The molecule has 0 fully saturated rings. The van der Waals surface area contributed by atoms with Crippen LogP contribution in [0.3, 0.4) is 0 Å². The van der Waals surface area contributed by atoms with Crippen molar-refractivity contribution in [3.63, 3.8) is 0 Å². The molecule has 4 rings (SSSR count). The summed E-state index contributed by atoms with van der Waals surface area (Å²) >= 11 is 0. The average Bonchev–Trinajstić information content (AvgIpc) is 3.18. The smallest absolute Gasteiger partial charge is 0.396 e. The number of alkyl halides is 3. The number of nitrogens with one attached hydrogen (secondary N) is 1. The number of aliphatic hydroxyl groups is 1. The van der Waals surface area contributed by atoms with Crippen LogP contribution in [0.25, 0.3) is 27.9 Å². The zero-order valence-electron chi connectivity index (χ0n) is 16.5. The highest BCUT2D eigenvalue weighted by atomic mass is 32.2. The number of sulfonamides is 1. The molecule has 0 amide bonds. The lowest BCUT2D eigenvalue weighted by atomic mass is 10.1. The number of aromatic nitrogens is 3. The van der Waals surface area contributed by atoms with Gasteiger partial charge in [-0.15, -0.1) is 0 Å². The second-order valence-electron chi connectivity index (χ2n) is 7.04. The van der Waals surface area contributed by atoms with E-state index in [4.69, 9.17) is 10.2 Å². The molecule has 0 unspecified atom stereocenters. The molecule has 2 aromatic carbocycles. The molecule has 0 spiro atoms. The summed E-state index contributed by atoms with van der Waals surface area (Å²) in [7, 11) is -3.96. The predicted molar refractivity (Wildman–Crippen MR) is 112 cm³/mol. The maximum atomic E-state index is 13.3. The van der Waals surface area contributed by atoms with Crippen molar-refractivity contribution in [2.24, 2.45) is 5.14 Å². The molecule has 0 saturated heterocycles. The minimum Gasteiger partial charge on any atom is -0.396 e. The van der Waals surface area contributed by atoms with Crippen LogP contribution in [0, 0.1) is 0 Å². The minimum atomic E-state index is -4.54. The van der Waals surface area contributed by atoms with Crippen molar-refractivity contribution in [1.29, 1.82) is 0 Å². The Bertz CT molecular complexity index is 1420. The van der Waals surface area contributed by atoms with Crippen LogP contribution in [0.2, 0.25) is 0 Å². The van der Waals surface area contributed by atoms with Crippen molar-refractivity contribution in [2.75, 3.05) is 18.5 Å². The fourth-order valence-electron chi connectivity index (χ4n) is 3.35. The van der Waals surface area contributed by atoms with Crippen LogP contribution in [0.4, 0.5) is 19.0 Å². The Labute approximate surface area is 180 Å². The lowest BCUT2D eigenvalue weighted by Gasteiger charge is -2.13. The zero-order valence-corrected chi connectivity index (χ0v) is 17.3. The van der Waals surface area contributed by atoms with Gasteiger partial charge < -0.3 is 10.4 Å². The Hall–Kier alpha value is -3.22. The van der Waals surface area contributed by atoms with E-state index >= 15 is 0 Å². The van der Waals surface area contributed by atoms with Crippen LogP contribution in [0.15, 0.2) is 53.6 Å². The summed E-state index contributed by atoms with van der Waals surface area (Å²) in [6, 6.07) is 9.06. The summed E-state index contributed by atoms with van der Waals surface area (Å²) in [5.74, 6) is 0.235. The number of imidazole rings is 1. The van der Waals surface area contributed by atoms with Crippen LogP contribution >= 0.6 is 0 Å². The van der Waals surface area contributed by atoms with Gasteiger partial charge >= 0.3 is 6.18 Å². The number of hydrogen-bond donors (Lipinski definition) is 3. The van der Waals surface area contributed by atoms with Gasteiger partial charge in [0, 0.05) is 18.7 Å².